The molecule has 2 rings (SSSR count). The summed E-state index contributed by atoms with van der Waals surface area (Å²) in [7, 11) is 1.92. The number of halogens is 1. The summed E-state index contributed by atoms with van der Waals surface area (Å²) in [5.74, 6) is 1.56. The minimum Gasteiger partial charge on any atom is -0.381 e. The number of carbonyl (C=O) groups is 1. The van der Waals surface area contributed by atoms with Crippen molar-refractivity contribution in [3.63, 3.8) is 0 Å². The SMILES string of the molecule is CN(CC1CCOC1)C(=O)CCC1CCNC1.Cl. The Morgan fingerprint density at radius 2 is 2.22 bits per heavy atom. The quantitative estimate of drug-likeness (QED) is 0.823. The van der Waals surface area contributed by atoms with Crippen molar-refractivity contribution >= 4 is 18.3 Å². The molecule has 4 nitrogen and oxygen atoms in total. The van der Waals surface area contributed by atoms with Crippen LogP contribution >= 0.6 is 12.4 Å². The van der Waals surface area contributed by atoms with E-state index in [1.807, 2.05) is 11.9 Å². The van der Waals surface area contributed by atoms with Crippen molar-refractivity contribution in [1.29, 1.82) is 0 Å². The van der Waals surface area contributed by atoms with E-state index >= 15 is 0 Å². The summed E-state index contributed by atoms with van der Waals surface area (Å²) in [6, 6.07) is 0. The molecule has 5 heteroatoms. The zero-order valence-corrected chi connectivity index (χ0v) is 12.0. The van der Waals surface area contributed by atoms with Crippen molar-refractivity contribution in [2.75, 3.05) is 39.9 Å². The lowest BCUT2D eigenvalue weighted by molar-refractivity contribution is -0.130. The van der Waals surface area contributed by atoms with Crippen molar-refractivity contribution in [3.05, 3.63) is 0 Å². The van der Waals surface area contributed by atoms with E-state index in [1.165, 1.54) is 6.42 Å². The van der Waals surface area contributed by atoms with Gasteiger partial charge in [-0.3, -0.25) is 4.79 Å². The van der Waals surface area contributed by atoms with Gasteiger partial charge >= 0.3 is 0 Å². The van der Waals surface area contributed by atoms with Gasteiger partial charge in [0.05, 0.1) is 6.61 Å². The largest absolute Gasteiger partial charge is 0.381 e. The Morgan fingerprint density at radius 3 is 2.83 bits per heavy atom. The van der Waals surface area contributed by atoms with E-state index in [1.54, 1.807) is 0 Å². The van der Waals surface area contributed by atoms with E-state index in [9.17, 15) is 4.79 Å². The van der Waals surface area contributed by atoms with Gasteiger partial charge in [-0.2, -0.15) is 0 Å². The molecule has 18 heavy (non-hydrogen) atoms. The van der Waals surface area contributed by atoms with Gasteiger partial charge in [0.2, 0.25) is 5.91 Å². The molecule has 2 aliphatic heterocycles. The van der Waals surface area contributed by atoms with Crippen LogP contribution in [-0.2, 0) is 9.53 Å². The van der Waals surface area contributed by atoms with Crippen molar-refractivity contribution in [1.82, 2.24) is 10.2 Å². The molecule has 0 spiro atoms. The average Bonchev–Trinajstić information content (AvgIpc) is 2.98. The lowest BCUT2D eigenvalue weighted by atomic mass is 10.0. The lowest BCUT2D eigenvalue weighted by Gasteiger charge is -2.21. The Balaban J connectivity index is 0.00000162. The highest BCUT2D eigenvalue weighted by molar-refractivity contribution is 5.85. The molecule has 1 N–H and O–H groups in total. The van der Waals surface area contributed by atoms with Gasteiger partial charge in [-0.1, -0.05) is 0 Å². The molecule has 0 aromatic rings. The summed E-state index contributed by atoms with van der Waals surface area (Å²) in [4.78, 5) is 13.8. The number of rotatable bonds is 5. The maximum Gasteiger partial charge on any atom is 0.222 e. The standard InChI is InChI=1S/C13H24N2O2.ClH/c1-15(9-12-5-7-17-10-12)13(16)3-2-11-4-6-14-8-11;/h11-12,14H,2-10H2,1H3;1H. The van der Waals surface area contributed by atoms with Crippen LogP contribution in [0.1, 0.15) is 25.7 Å². The van der Waals surface area contributed by atoms with Crippen LogP contribution in [0.3, 0.4) is 0 Å². The number of hydrogen-bond acceptors (Lipinski definition) is 3. The molecular formula is C13H25ClN2O2. The number of carbonyl (C=O) groups excluding carboxylic acids is 1. The summed E-state index contributed by atoms with van der Waals surface area (Å²) in [6.45, 7) is 4.76. The monoisotopic (exact) mass is 276 g/mol. The summed E-state index contributed by atoms with van der Waals surface area (Å²) < 4.78 is 5.33. The lowest BCUT2D eigenvalue weighted by Crippen LogP contribution is -2.32. The van der Waals surface area contributed by atoms with Crippen molar-refractivity contribution in [2.24, 2.45) is 11.8 Å². The van der Waals surface area contributed by atoms with Gasteiger partial charge in [-0.15, -0.1) is 12.4 Å². The van der Waals surface area contributed by atoms with Gasteiger partial charge in [0.15, 0.2) is 0 Å². The predicted molar refractivity (Wildman–Crippen MR) is 74.0 cm³/mol. The molecule has 0 saturated carbocycles. The first-order valence-electron chi connectivity index (χ1n) is 6.78. The van der Waals surface area contributed by atoms with Gasteiger partial charge in [0.25, 0.3) is 0 Å². The van der Waals surface area contributed by atoms with E-state index in [4.69, 9.17) is 4.74 Å². The Morgan fingerprint density at radius 1 is 1.39 bits per heavy atom. The van der Waals surface area contributed by atoms with Crippen LogP contribution in [0.5, 0.6) is 0 Å². The van der Waals surface area contributed by atoms with Crippen molar-refractivity contribution < 1.29 is 9.53 Å². The highest BCUT2D eigenvalue weighted by atomic mass is 35.5. The van der Waals surface area contributed by atoms with E-state index in [0.29, 0.717) is 24.2 Å². The molecular weight excluding hydrogens is 252 g/mol. The number of nitrogens with one attached hydrogen (secondary N) is 1. The summed E-state index contributed by atoms with van der Waals surface area (Å²) in [5, 5.41) is 3.34. The topological polar surface area (TPSA) is 41.6 Å². The second-order valence-electron chi connectivity index (χ2n) is 5.40. The molecule has 0 aromatic carbocycles. The Labute approximate surface area is 116 Å². The molecule has 0 bridgehead atoms. The minimum atomic E-state index is 0. The van der Waals surface area contributed by atoms with Crippen LogP contribution in [-0.4, -0.2) is 50.7 Å². The van der Waals surface area contributed by atoms with E-state index < -0.39 is 0 Å². The maximum atomic E-state index is 12.0. The van der Waals surface area contributed by atoms with Gasteiger partial charge in [0.1, 0.15) is 0 Å². The number of nitrogens with zero attached hydrogens (tertiary/aromatic N) is 1. The molecule has 2 saturated heterocycles. The highest BCUT2D eigenvalue weighted by Gasteiger charge is 2.21. The molecule has 1 amide bonds. The fraction of sp³-hybridized carbons (Fsp3) is 0.923. The van der Waals surface area contributed by atoms with Gasteiger partial charge in [-0.25, -0.2) is 0 Å². The van der Waals surface area contributed by atoms with Crippen LogP contribution in [0.4, 0.5) is 0 Å². The number of ether oxygens (including phenoxy) is 1. The third-order valence-electron chi connectivity index (χ3n) is 3.91. The fourth-order valence-corrected chi connectivity index (χ4v) is 2.70. The first-order valence-corrected chi connectivity index (χ1v) is 6.78. The third kappa shape index (κ3) is 4.75. The normalized spacial score (nSPS) is 26.9. The zero-order chi connectivity index (χ0) is 12.1. The van der Waals surface area contributed by atoms with Crippen molar-refractivity contribution in [2.45, 2.75) is 25.7 Å². The van der Waals surface area contributed by atoms with E-state index in [2.05, 4.69) is 5.32 Å². The molecule has 2 aliphatic rings. The summed E-state index contributed by atoms with van der Waals surface area (Å²) >= 11 is 0. The van der Waals surface area contributed by atoms with E-state index in [-0.39, 0.29) is 12.4 Å². The third-order valence-corrected chi connectivity index (χ3v) is 3.91. The first kappa shape index (κ1) is 15.7. The highest BCUT2D eigenvalue weighted by Crippen LogP contribution is 2.17. The second-order valence-corrected chi connectivity index (χ2v) is 5.40. The minimum absolute atomic E-state index is 0. The van der Waals surface area contributed by atoms with Crippen LogP contribution in [0.25, 0.3) is 0 Å². The summed E-state index contributed by atoms with van der Waals surface area (Å²) in [6.07, 6.45) is 4.07. The molecule has 106 valence electrons. The second kappa shape index (κ2) is 7.97. The van der Waals surface area contributed by atoms with Crippen LogP contribution in [0.2, 0.25) is 0 Å². The molecule has 0 aliphatic carbocycles. The average molecular weight is 277 g/mol. The van der Waals surface area contributed by atoms with Crippen LogP contribution in [0, 0.1) is 11.8 Å². The van der Waals surface area contributed by atoms with E-state index in [0.717, 1.165) is 45.7 Å². The zero-order valence-electron chi connectivity index (χ0n) is 11.2. The molecule has 2 atom stereocenters. The number of hydrogen-bond donors (Lipinski definition) is 1. The van der Waals surface area contributed by atoms with Gasteiger partial charge in [-0.05, 0) is 38.3 Å². The van der Waals surface area contributed by atoms with Crippen molar-refractivity contribution in [3.8, 4) is 0 Å². The Hall–Kier alpha value is -0.320. The van der Waals surface area contributed by atoms with Gasteiger partial charge < -0.3 is 15.0 Å². The predicted octanol–water partition coefficient (Wildman–Crippen LogP) is 1.29. The van der Waals surface area contributed by atoms with Crippen LogP contribution < -0.4 is 5.32 Å². The fourth-order valence-electron chi connectivity index (χ4n) is 2.70. The summed E-state index contributed by atoms with van der Waals surface area (Å²) in [5.41, 5.74) is 0. The Kier molecular flexibility index (Phi) is 6.97. The van der Waals surface area contributed by atoms with Gasteiger partial charge in [0, 0.05) is 32.5 Å². The molecule has 2 heterocycles. The smallest absolute Gasteiger partial charge is 0.222 e. The van der Waals surface area contributed by atoms with Crippen LogP contribution in [0.15, 0.2) is 0 Å². The molecule has 0 aromatic heterocycles. The molecule has 2 fully saturated rings. The molecule has 0 radical (unpaired) electrons. The maximum absolute atomic E-state index is 12.0. The number of amides is 1. The first-order chi connectivity index (χ1) is 8.25. The Bertz CT molecular complexity index is 251. The molecule has 2 unspecified atom stereocenters.